The van der Waals surface area contributed by atoms with E-state index in [1.54, 1.807) is 6.92 Å². The number of amides is 4. The number of carbonyl (C=O) groups excluding carboxylic acids is 5. The molecule has 1 fully saturated rings. The van der Waals surface area contributed by atoms with E-state index in [4.69, 9.17) is 5.11 Å². The first-order chi connectivity index (χ1) is 15.4. The van der Waals surface area contributed by atoms with Gasteiger partial charge in [0.25, 0.3) is 0 Å². The topological polar surface area (TPSA) is 136 Å². The smallest absolute Gasteiger partial charge is 0.246 e. The Labute approximate surface area is 195 Å². The number of nitrogens with one attached hydrogen (secondary N) is 2. The molecular weight excluding hydrogens is 428 g/mol. The molecule has 33 heavy (non-hydrogen) atoms. The summed E-state index contributed by atoms with van der Waals surface area (Å²) in [4.78, 5) is 65.2. The molecule has 0 aromatic carbocycles. The van der Waals surface area contributed by atoms with Gasteiger partial charge in [-0.15, -0.1) is 0 Å². The van der Waals surface area contributed by atoms with Crippen LogP contribution in [0.25, 0.3) is 0 Å². The van der Waals surface area contributed by atoms with Gasteiger partial charge in [-0.2, -0.15) is 0 Å². The van der Waals surface area contributed by atoms with Gasteiger partial charge in [-0.05, 0) is 38.7 Å². The van der Waals surface area contributed by atoms with Gasteiger partial charge in [0.05, 0.1) is 0 Å². The molecule has 3 N–H and O–H groups in total. The maximum absolute atomic E-state index is 13.2. The second kappa shape index (κ2) is 12.9. The number of rotatable bonds is 6. The fourth-order valence-electron chi connectivity index (χ4n) is 3.43. The normalized spacial score (nSPS) is 24.6. The Morgan fingerprint density at radius 2 is 1.67 bits per heavy atom. The Hall–Kier alpha value is -3.01. The molecular formula is C23H36N4O6. The number of hydrogen-bond donors (Lipinski definition) is 3. The fourth-order valence-corrected chi connectivity index (χ4v) is 3.43. The van der Waals surface area contributed by atoms with Crippen molar-refractivity contribution in [2.45, 2.75) is 64.8 Å². The summed E-state index contributed by atoms with van der Waals surface area (Å²) in [5.74, 6) is -2.32. The summed E-state index contributed by atoms with van der Waals surface area (Å²) in [6.07, 6.45) is 4.54. The van der Waals surface area contributed by atoms with Crippen LogP contribution >= 0.6 is 0 Å². The Balaban J connectivity index is 3.07. The summed E-state index contributed by atoms with van der Waals surface area (Å²) >= 11 is 0. The van der Waals surface area contributed by atoms with Crippen molar-refractivity contribution in [1.29, 1.82) is 0 Å². The van der Waals surface area contributed by atoms with E-state index in [9.17, 15) is 24.0 Å². The van der Waals surface area contributed by atoms with E-state index < -0.39 is 41.8 Å². The standard InChI is InChI=1S/C23H36N4O6/c1-14(2)20-23(33)26(5)15(3)21(31)24-13-9-10-17(22(32)27(20)6)25-19(30)12-8-7-11-18(29)16(4)28/h7-8,11-12,14-17,20,28H,9-10,13H2,1-6H3,(H,24,31)(H,25,30)/b11-7+,12-8+/t15-,16?,17-,20-/m0/s1. The monoisotopic (exact) mass is 464 g/mol. The van der Waals surface area contributed by atoms with Crippen LogP contribution in [0.2, 0.25) is 0 Å². The quantitative estimate of drug-likeness (QED) is 0.367. The van der Waals surface area contributed by atoms with Gasteiger partial charge in [-0.1, -0.05) is 26.0 Å². The maximum Gasteiger partial charge on any atom is 0.246 e. The molecule has 0 saturated carbocycles. The molecule has 4 amide bonds. The first-order valence-electron chi connectivity index (χ1n) is 11.1. The van der Waals surface area contributed by atoms with Gasteiger partial charge in [0.2, 0.25) is 23.6 Å². The van der Waals surface area contributed by atoms with Crippen molar-refractivity contribution in [3.05, 3.63) is 24.3 Å². The van der Waals surface area contributed by atoms with Gasteiger partial charge in [0, 0.05) is 26.7 Å². The fraction of sp³-hybridized carbons (Fsp3) is 0.609. The predicted molar refractivity (Wildman–Crippen MR) is 123 cm³/mol. The zero-order chi connectivity index (χ0) is 25.3. The summed E-state index contributed by atoms with van der Waals surface area (Å²) in [6, 6.07) is -2.39. The number of likely N-dealkylation sites (N-methyl/N-ethyl adjacent to an activating group) is 2. The van der Waals surface area contributed by atoms with Crippen molar-refractivity contribution < 1.29 is 29.1 Å². The van der Waals surface area contributed by atoms with Gasteiger partial charge >= 0.3 is 0 Å². The third-order valence-corrected chi connectivity index (χ3v) is 5.57. The molecule has 0 bridgehead atoms. The van der Waals surface area contributed by atoms with E-state index in [0.717, 1.165) is 12.2 Å². The van der Waals surface area contributed by atoms with Crippen molar-refractivity contribution in [1.82, 2.24) is 20.4 Å². The van der Waals surface area contributed by atoms with E-state index in [0.29, 0.717) is 13.0 Å². The largest absolute Gasteiger partial charge is 0.385 e. The first kappa shape index (κ1) is 28.0. The average Bonchev–Trinajstić information content (AvgIpc) is 2.75. The highest BCUT2D eigenvalue weighted by Crippen LogP contribution is 2.17. The number of ketones is 1. The summed E-state index contributed by atoms with van der Waals surface area (Å²) < 4.78 is 0. The van der Waals surface area contributed by atoms with E-state index in [1.165, 1.54) is 43.0 Å². The van der Waals surface area contributed by atoms with Crippen molar-refractivity contribution >= 4 is 29.4 Å². The molecule has 1 aliphatic heterocycles. The molecule has 1 heterocycles. The van der Waals surface area contributed by atoms with Crippen LogP contribution in [0.15, 0.2) is 24.3 Å². The molecule has 0 aromatic heterocycles. The van der Waals surface area contributed by atoms with Crippen LogP contribution in [0.5, 0.6) is 0 Å². The minimum absolute atomic E-state index is 0.222. The molecule has 1 saturated heterocycles. The average molecular weight is 465 g/mol. The van der Waals surface area contributed by atoms with Gasteiger partial charge < -0.3 is 25.5 Å². The molecule has 10 nitrogen and oxygen atoms in total. The zero-order valence-electron chi connectivity index (χ0n) is 20.2. The van der Waals surface area contributed by atoms with E-state index in [1.807, 2.05) is 13.8 Å². The molecule has 184 valence electrons. The zero-order valence-corrected chi connectivity index (χ0v) is 20.2. The number of nitrogens with zero attached hydrogens (tertiary/aromatic N) is 2. The second-order valence-electron chi connectivity index (χ2n) is 8.55. The van der Waals surface area contributed by atoms with E-state index >= 15 is 0 Å². The van der Waals surface area contributed by atoms with Gasteiger partial charge in [-0.25, -0.2) is 0 Å². The predicted octanol–water partition coefficient (Wildman–Crippen LogP) is -0.227. The van der Waals surface area contributed by atoms with Gasteiger partial charge in [0.15, 0.2) is 5.78 Å². The molecule has 0 radical (unpaired) electrons. The lowest BCUT2D eigenvalue weighted by Crippen LogP contribution is -2.59. The van der Waals surface area contributed by atoms with Crippen LogP contribution in [0.3, 0.4) is 0 Å². The summed E-state index contributed by atoms with van der Waals surface area (Å²) in [5.41, 5.74) is 0. The molecule has 0 spiro atoms. The maximum atomic E-state index is 13.2. The van der Waals surface area contributed by atoms with Crippen molar-refractivity contribution in [3.63, 3.8) is 0 Å². The van der Waals surface area contributed by atoms with Crippen LogP contribution in [0, 0.1) is 5.92 Å². The van der Waals surface area contributed by atoms with E-state index in [-0.39, 0.29) is 24.2 Å². The number of hydrogen-bond acceptors (Lipinski definition) is 6. The number of aliphatic hydroxyl groups excluding tert-OH is 1. The van der Waals surface area contributed by atoms with Gasteiger partial charge in [-0.3, -0.25) is 24.0 Å². The Kier molecular flexibility index (Phi) is 10.9. The molecule has 1 rings (SSSR count). The lowest BCUT2D eigenvalue weighted by atomic mass is 9.98. The molecule has 1 unspecified atom stereocenters. The van der Waals surface area contributed by atoms with Crippen molar-refractivity contribution in [2.75, 3.05) is 20.6 Å². The van der Waals surface area contributed by atoms with Crippen LogP contribution in [0.1, 0.15) is 40.5 Å². The van der Waals surface area contributed by atoms with Crippen LogP contribution in [-0.2, 0) is 24.0 Å². The minimum Gasteiger partial charge on any atom is -0.385 e. The summed E-state index contributed by atoms with van der Waals surface area (Å²) in [7, 11) is 3.06. The molecule has 0 aromatic rings. The summed E-state index contributed by atoms with van der Waals surface area (Å²) in [6.45, 7) is 6.89. The Morgan fingerprint density at radius 1 is 1.06 bits per heavy atom. The van der Waals surface area contributed by atoms with Crippen LogP contribution in [-0.4, -0.2) is 89.2 Å². The number of carbonyl (C=O) groups is 5. The lowest BCUT2D eigenvalue weighted by Gasteiger charge is -2.37. The number of aliphatic hydroxyl groups is 1. The molecule has 0 aliphatic carbocycles. The molecule has 10 heteroatoms. The molecule has 4 atom stereocenters. The first-order valence-corrected chi connectivity index (χ1v) is 11.1. The third-order valence-electron chi connectivity index (χ3n) is 5.57. The Morgan fingerprint density at radius 3 is 2.24 bits per heavy atom. The third kappa shape index (κ3) is 8.12. The Bertz CT molecular complexity index is 805. The summed E-state index contributed by atoms with van der Waals surface area (Å²) in [5, 5.41) is 14.6. The second-order valence-corrected chi connectivity index (χ2v) is 8.55. The van der Waals surface area contributed by atoms with Crippen LogP contribution in [0.4, 0.5) is 0 Å². The van der Waals surface area contributed by atoms with Crippen molar-refractivity contribution in [3.8, 4) is 0 Å². The SMILES string of the molecule is CC(O)C(=O)/C=C/C=C/C(=O)N[C@H]1CCCNC(=O)[C@H](C)N(C)C(=O)[C@H](C(C)C)N(C)C1=O. The minimum atomic E-state index is -1.13. The number of allylic oxidation sites excluding steroid dienone is 2. The highest BCUT2D eigenvalue weighted by Gasteiger charge is 2.37. The van der Waals surface area contributed by atoms with Crippen molar-refractivity contribution in [2.24, 2.45) is 5.92 Å². The van der Waals surface area contributed by atoms with E-state index in [2.05, 4.69) is 10.6 Å². The highest BCUT2D eigenvalue weighted by molar-refractivity contribution is 5.96. The lowest BCUT2D eigenvalue weighted by molar-refractivity contribution is -0.150. The van der Waals surface area contributed by atoms with Gasteiger partial charge in [0.1, 0.15) is 24.2 Å². The molecule has 1 aliphatic rings. The highest BCUT2D eigenvalue weighted by atomic mass is 16.3. The van der Waals surface area contributed by atoms with Crippen LogP contribution < -0.4 is 10.6 Å².